The predicted molar refractivity (Wildman–Crippen MR) is 61.5 cm³/mol. The van der Waals surface area contributed by atoms with Gasteiger partial charge in [0.05, 0.1) is 0 Å². The molecule has 1 nitrogen and oxygen atoms in total. The summed E-state index contributed by atoms with van der Waals surface area (Å²) in [6.07, 6.45) is 11.8. The highest BCUT2D eigenvalue weighted by atomic mass is 15.2. The van der Waals surface area contributed by atoms with Crippen LogP contribution in [0.25, 0.3) is 0 Å². The minimum atomic E-state index is 0.796. The van der Waals surface area contributed by atoms with Gasteiger partial charge in [-0.3, -0.25) is 0 Å². The predicted octanol–water partition coefficient (Wildman–Crippen LogP) is 3.44. The molecule has 2 fully saturated rings. The molecule has 1 spiro atoms. The van der Waals surface area contributed by atoms with Gasteiger partial charge in [0, 0.05) is 13.1 Å². The Morgan fingerprint density at radius 2 is 1.71 bits per heavy atom. The van der Waals surface area contributed by atoms with E-state index in [4.69, 9.17) is 0 Å². The van der Waals surface area contributed by atoms with Gasteiger partial charge in [-0.15, -0.1) is 0 Å². The van der Waals surface area contributed by atoms with Crippen molar-refractivity contribution in [1.29, 1.82) is 0 Å². The number of nitrogens with zero attached hydrogens (tertiary/aromatic N) is 1. The minimum absolute atomic E-state index is 0.796. The first-order chi connectivity index (χ1) is 6.85. The molecule has 0 unspecified atom stereocenters. The van der Waals surface area contributed by atoms with E-state index in [1.54, 1.807) is 0 Å². The van der Waals surface area contributed by atoms with Crippen molar-refractivity contribution in [3.8, 4) is 0 Å². The summed E-state index contributed by atoms with van der Waals surface area (Å²) in [5, 5.41) is 0. The number of hydrogen-bond donors (Lipinski definition) is 0. The van der Waals surface area contributed by atoms with Gasteiger partial charge in [0.1, 0.15) is 0 Å². The van der Waals surface area contributed by atoms with E-state index in [9.17, 15) is 0 Å². The third kappa shape index (κ3) is 2.31. The van der Waals surface area contributed by atoms with Crippen LogP contribution in [0, 0.1) is 5.41 Å². The van der Waals surface area contributed by atoms with E-state index < -0.39 is 0 Å². The Bertz CT molecular complexity index is 162. The summed E-state index contributed by atoms with van der Waals surface area (Å²) >= 11 is 0. The van der Waals surface area contributed by atoms with E-state index in [2.05, 4.69) is 11.8 Å². The molecular weight excluding hydrogens is 170 g/mol. The van der Waals surface area contributed by atoms with Gasteiger partial charge in [0.25, 0.3) is 0 Å². The first kappa shape index (κ1) is 10.5. The quantitative estimate of drug-likeness (QED) is 0.621. The Balaban J connectivity index is 1.62. The van der Waals surface area contributed by atoms with Crippen LogP contribution in [0.15, 0.2) is 0 Å². The topological polar surface area (TPSA) is 3.24 Å². The maximum absolute atomic E-state index is 2.68. The van der Waals surface area contributed by atoms with Crippen LogP contribution in [0.1, 0.15) is 58.3 Å². The maximum atomic E-state index is 2.68. The number of unbranched alkanes of at least 4 members (excludes halogenated alkanes) is 2. The fourth-order valence-electron chi connectivity index (χ4n) is 3.26. The van der Waals surface area contributed by atoms with Crippen LogP contribution >= 0.6 is 0 Å². The summed E-state index contributed by atoms with van der Waals surface area (Å²) in [4.78, 5) is 2.68. The van der Waals surface area contributed by atoms with E-state index in [-0.39, 0.29) is 0 Å². The second kappa shape index (κ2) is 4.65. The van der Waals surface area contributed by atoms with Gasteiger partial charge in [-0.1, -0.05) is 39.0 Å². The van der Waals surface area contributed by atoms with Gasteiger partial charge in [0.15, 0.2) is 0 Å². The number of hydrogen-bond acceptors (Lipinski definition) is 1. The SMILES string of the molecule is CCCCCN1CC2(CCCCC2)C1. The van der Waals surface area contributed by atoms with E-state index in [1.807, 2.05) is 0 Å². The first-order valence-electron chi connectivity index (χ1n) is 6.57. The Morgan fingerprint density at radius 1 is 1.00 bits per heavy atom. The zero-order valence-electron chi connectivity index (χ0n) is 9.73. The summed E-state index contributed by atoms with van der Waals surface area (Å²) in [5.41, 5.74) is 0.796. The number of rotatable bonds is 4. The van der Waals surface area contributed by atoms with Crippen LogP contribution in [0.3, 0.4) is 0 Å². The summed E-state index contributed by atoms with van der Waals surface area (Å²) in [7, 11) is 0. The Labute approximate surface area is 88.9 Å². The molecule has 1 heteroatoms. The fraction of sp³-hybridized carbons (Fsp3) is 1.00. The van der Waals surface area contributed by atoms with Crippen molar-refractivity contribution in [2.24, 2.45) is 5.41 Å². The second-order valence-corrected chi connectivity index (χ2v) is 5.48. The van der Waals surface area contributed by atoms with Crippen LogP contribution in [-0.4, -0.2) is 24.5 Å². The Kier molecular flexibility index (Phi) is 3.48. The third-order valence-corrected chi connectivity index (χ3v) is 4.11. The average molecular weight is 195 g/mol. The summed E-state index contributed by atoms with van der Waals surface area (Å²) in [5.74, 6) is 0. The third-order valence-electron chi connectivity index (χ3n) is 4.11. The highest BCUT2D eigenvalue weighted by molar-refractivity contribution is 4.96. The lowest BCUT2D eigenvalue weighted by Crippen LogP contribution is -2.57. The van der Waals surface area contributed by atoms with Crippen molar-refractivity contribution in [3.05, 3.63) is 0 Å². The lowest BCUT2D eigenvalue weighted by Gasteiger charge is -2.52. The molecule has 0 bridgehead atoms. The molecule has 0 N–H and O–H groups in total. The molecule has 82 valence electrons. The fourth-order valence-corrected chi connectivity index (χ4v) is 3.26. The van der Waals surface area contributed by atoms with Crippen molar-refractivity contribution in [2.75, 3.05) is 19.6 Å². The molecule has 1 aliphatic carbocycles. The molecule has 1 aliphatic heterocycles. The molecule has 1 heterocycles. The minimum Gasteiger partial charge on any atom is -0.302 e. The van der Waals surface area contributed by atoms with Crippen LogP contribution in [-0.2, 0) is 0 Å². The van der Waals surface area contributed by atoms with Crippen LogP contribution in [0.4, 0.5) is 0 Å². The molecule has 1 saturated heterocycles. The highest BCUT2D eigenvalue weighted by Gasteiger charge is 2.42. The van der Waals surface area contributed by atoms with Crippen LogP contribution in [0.2, 0.25) is 0 Å². The van der Waals surface area contributed by atoms with Crippen molar-refractivity contribution >= 4 is 0 Å². The molecule has 1 saturated carbocycles. The van der Waals surface area contributed by atoms with Crippen LogP contribution in [0.5, 0.6) is 0 Å². The van der Waals surface area contributed by atoms with Gasteiger partial charge in [-0.25, -0.2) is 0 Å². The Morgan fingerprint density at radius 3 is 2.36 bits per heavy atom. The van der Waals surface area contributed by atoms with Gasteiger partial charge >= 0.3 is 0 Å². The molecule has 0 atom stereocenters. The molecule has 0 aromatic rings. The van der Waals surface area contributed by atoms with Crippen molar-refractivity contribution in [3.63, 3.8) is 0 Å². The lowest BCUT2D eigenvalue weighted by atomic mass is 9.68. The molecule has 0 aromatic carbocycles. The molecule has 0 aromatic heterocycles. The average Bonchev–Trinajstić information content (AvgIpc) is 2.17. The molecule has 2 aliphatic rings. The Hall–Kier alpha value is -0.0400. The molecule has 0 radical (unpaired) electrons. The first-order valence-corrected chi connectivity index (χ1v) is 6.57. The summed E-state index contributed by atoms with van der Waals surface area (Å²) < 4.78 is 0. The lowest BCUT2D eigenvalue weighted by molar-refractivity contribution is -0.0283. The monoisotopic (exact) mass is 195 g/mol. The smallest absolute Gasteiger partial charge is 0.00505 e. The normalized spacial score (nSPS) is 26.4. The largest absolute Gasteiger partial charge is 0.302 e. The molecule has 0 amide bonds. The van der Waals surface area contributed by atoms with Gasteiger partial charge in [-0.05, 0) is 31.2 Å². The number of likely N-dealkylation sites (tertiary alicyclic amines) is 1. The van der Waals surface area contributed by atoms with Crippen LogP contribution < -0.4 is 0 Å². The maximum Gasteiger partial charge on any atom is 0.00505 e. The molecule has 2 rings (SSSR count). The molecular formula is C13H25N. The van der Waals surface area contributed by atoms with Crippen molar-refractivity contribution in [2.45, 2.75) is 58.3 Å². The van der Waals surface area contributed by atoms with Crippen molar-refractivity contribution in [1.82, 2.24) is 4.90 Å². The van der Waals surface area contributed by atoms with Gasteiger partial charge < -0.3 is 4.90 Å². The highest BCUT2D eigenvalue weighted by Crippen LogP contribution is 2.43. The van der Waals surface area contributed by atoms with E-state index in [0.29, 0.717) is 0 Å². The zero-order chi connectivity index (χ0) is 9.86. The van der Waals surface area contributed by atoms with E-state index in [1.165, 1.54) is 71.0 Å². The zero-order valence-corrected chi connectivity index (χ0v) is 9.73. The van der Waals surface area contributed by atoms with Gasteiger partial charge in [-0.2, -0.15) is 0 Å². The van der Waals surface area contributed by atoms with E-state index >= 15 is 0 Å². The summed E-state index contributed by atoms with van der Waals surface area (Å²) in [6, 6.07) is 0. The van der Waals surface area contributed by atoms with Crippen molar-refractivity contribution < 1.29 is 0 Å². The second-order valence-electron chi connectivity index (χ2n) is 5.48. The standard InChI is InChI=1S/C13H25N/c1-2-3-7-10-14-11-13(12-14)8-5-4-6-9-13/h2-12H2,1H3. The van der Waals surface area contributed by atoms with Gasteiger partial charge in [0.2, 0.25) is 0 Å². The summed E-state index contributed by atoms with van der Waals surface area (Å²) in [6.45, 7) is 6.52. The van der Waals surface area contributed by atoms with E-state index in [0.717, 1.165) is 5.41 Å². The molecule has 14 heavy (non-hydrogen) atoms.